The summed E-state index contributed by atoms with van der Waals surface area (Å²) in [4.78, 5) is 51.3. The van der Waals surface area contributed by atoms with Crippen molar-refractivity contribution in [3.63, 3.8) is 0 Å². The third-order valence-electron chi connectivity index (χ3n) is 8.23. The lowest BCUT2D eigenvalue weighted by Crippen LogP contribution is -2.72. The fourth-order valence-corrected chi connectivity index (χ4v) is 6.85. The molecule has 1 saturated heterocycles. The maximum Gasteiger partial charge on any atom is 0.534 e. The number of allylic oxidation sites excluding steroid dienone is 1. The van der Waals surface area contributed by atoms with E-state index in [1.165, 1.54) is 0 Å². The molecule has 3 aromatic carbocycles. The number of methoxy groups -OCH3 is 1. The molecule has 19 heteroatoms. The molecule has 2 atom stereocenters. The first-order valence-corrected chi connectivity index (χ1v) is 17.4. The molecule has 0 aliphatic carbocycles. The molecule has 2 aliphatic heterocycles. The van der Waals surface area contributed by atoms with Crippen LogP contribution in [0.3, 0.4) is 0 Å². The van der Waals surface area contributed by atoms with E-state index in [0.29, 0.717) is 16.7 Å². The first kappa shape index (κ1) is 36.0. The lowest BCUT2D eigenvalue weighted by molar-refractivity contribution is -0.157. The molecule has 0 unspecified atom stereocenters. The van der Waals surface area contributed by atoms with Crippen molar-refractivity contribution < 1.29 is 49.7 Å². The second kappa shape index (κ2) is 14.1. The van der Waals surface area contributed by atoms with Crippen LogP contribution in [-0.4, -0.2) is 70.9 Å². The average Bonchev–Trinajstić information content (AvgIpc) is 3.57. The highest BCUT2D eigenvalue weighted by molar-refractivity contribution is 7.87. The number of carbonyl (C=O) groups is 3. The molecule has 3 N–H and O–H groups in total. The number of rotatable bonds is 11. The van der Waals surface area contributed by atoms with Crippen molar-refractivity contribution in [3.05, 3.63) is 125 Å². The summed E-state index contributed by atoms with van der Waals surface area (Å²) in [7, 11) is -5.30. The number of hydrogen-bond donors (Lipinski definition) is 2. The van der Waals surface area contributed by atoms with Gasteiger partial charge in [0.05, 0.1) is 13.2 Å². The van der Waals surface area contributed by atoms with Crippen LogP contribution in [-0.2, 0) is 43.9 Å². The zero-order chi connectivity index (χ0) is 37.3. The van der Waals surface area contributed by atoms with Crippen LogP contribution in [0, 0.1) is 0 Å². The molecule has 4 aromatic rings. The Kier molecular flexibility index (Phi) is 9.73. The lowest BCUT2D eigenvalue weighted by atomic mass is 9.80. The zero-order valence-corrected chi connectivity index (χ0v) is 28.4. The van der Waals surface area contributed by atoms with Gasteiger partial charge < -0.3 is 24.8 Å². The van der Waals surface area contributed by atoms with Gasteiger partial charge in [0.2, 0.25) is 17.1 Å². The number of aromatic nitrogens is 2. The Labute approximate surface area is 298 Å². The van der Waals surface area contributed by atoms with Crippen molar-refractivity contribution in [2.24, 2.45) is 5.16 Å². The Morgan fingerprint density at radius 2 is 1.50 bits per heavy atom. The van der Waals surface area contributed by atoms with E-state index in [1.54, 1.807) is 0 Å². The molecule has 1 aromatic heterocycles. The molecule has 52 heavy (non-hydrogen) atoms. The number of β-lactam (4-membered cyclic amide) rings is 1. The van der Waals surface area contributed by atoms with Gasteiger partial charge in [0, 0.05) is 34.6 Å². The van der Waals surface area contributed by atoms with Crippen LogP contribution >= 0.6 is 11.5 Å². The van der Waals surface area contributed by atoms with Crippen molar-refractivity contribution in [1.29, 1.82) is 0 Å². The number of carbonyl (C=O) groups excluding carboxylic acids is 3. The molecule has 0 bridgehead atoms. The number of halogens is 3. The first-order chi connectivity index (χ1) is 24.8. The maximum atomic E-state index is 14.0. The number of oxime groups is 1. The molecule has 14 nitrogen and oxygen atoms in total. The molecule has 6 rings (SSSR count). The van der Waals surface area contributed by atoms with E-state index in [-0.39, 0.29) is 17.4 Å². The standard InChI is InChI=1S/C33H27F3N6O8S2/c1-48-30(45)26-23(49-52(46,47)33(34,35)36)18-17-22-24(29(44)42(22)26)38-28(43)25(27-39-31(37)51-41-27)40-50-32(19-11-5-2-6-12-19,20-13-7-3-8-14-20)21-15-9-4-10-16-21/h2-16,22,24H,17-18H2,1H3,(H,38,43)(H2,37,39,41)/t22-,24+/m1/s1. The third kappa shape index (κ3) is 6.55. The van der Waals surface area contributed by atoms with Crippen LogP contribution in [0.4, 0.5) is 18.3 Å². The van der Waals surface area contributed by atoms with Gasteiger partial charge in [-0.2, -0.15) is 30.9 Å². The van der Waals surface area contributed by atoms with E-state index < -0.39 is 74.7 Å². The number of nitrogen functional groups attached to an aromatic ring is 1. The molecule has 0 spiro atoms. The average molecular weight is 757 g/mol. The van der Waals surface area contributed by atoms with Crippen molar-refractivity contribution in [1.82, 2.24) is 19.6 Å². The maximum absolute atomic E-state index is 14.0. The Morgan fingerprint density at radius 3 is 1.96 bits per heavy atom. The van der Waals surface area contributed by atoms with Gasteiger partial charge in [-0.15, -0.1) is 0 Å². The molecule has 0 saturated carbocycles. The zero-order valence-electron chi connectivity index (χ0n) is 26.8. The van der Waals surface area contributed by atoms with Gasteiger partial charge in [-0.3, -0.25) is 14.5 Å². The highest BCUT2D eigenvalue weighted by Crippen LogP contribution is 2.42. The second-order valence-electron chi connectivity index (χ2n) is 11.3. The number of fused-ring (bicyclic) bond motifs is 1. The number of nitrogens with two attached hydrogens (primary N) is 1. The number of hydrogen-bond acceptors (Lipinski definition) is 13. The minimum Gasteiger partial charge on any atom is -0.464 e. The molecule has 2 aliphatic rings. The molecule has 2 amide bonds. The van der Waals surface area contributed by atoms with Crippen LogP contribution in [0.5, 0.6) is 0 Å². The van der Waals surface area contributed by atoms with Crippen LogP contribution in [0.1, 0.15) is 35.4 Å². The van der Waals surface area contributed by atoms with Crippen molar-refractivity contribution in [3.8, 4) is 0 Å². The van der Waals surface area contributed by atoms with E-state index in [1.807, 2.05) is 91.0 Å². The highest BCUT2D eigenvalue weighted by Gasteiger charge is 2.56. The number of nitrogens with one attached hydrogen (secondary N) is 1. The van der Waals surface area contributed by atoms with Gasteiger partial charge in [-0.25, -0.2) is 4.79 Å². The van der Waals surface area contributed by atoms with Gasteiger partial charge in [-0.05, 0) is 6.42 Å². The first-order valence-electron chi connectivity index (χ1n) is 15.3. The largest absolute Gasteiger partial charge is 0.534 e. The van der Waals surface area contributed by atoms with E-state index in [9.17, 15) is 36.0 Å². The SMILES string of the molecule is COC(=O)C1=C(OS(=O)(=O)C(F)(F)F)CC[C@@H]2[C@H](NC(=O)C(=NOC(c3ccccc3)(c3ccccc3)c3ccccc3)c3nsc(N)n3)C(=O)N12. The molecule has 0 radical (unpaired) electrons. The third-order valence-corrected chi connectivity index (χ3v) is 9.76. The lowest BCUT2D eigenvalue weighted by Gasteiger charge is -2.49. The smallest absolute Gasteiger partial charge is 0.464 e. The predicted molar refractivity (Wildman–Crippen MR) is 178 cm³/mol. The number of ether oxygens (including phenoxy) is 1. The number of alkyl halides is 3. The van der Waals surface area contributed by atoms with Gasteiger partial charge >= 0.3 is 21.6 Å². The van der Waals surface area contributed by atoms with Crippen molar-refractivity contribution >= 4 is 50.3 Å². The number of anilines is 1. The Morgan fingerprint density at radius 1 is 0.962 bits per heavy atom. The van der Waals surface area contributed by atoms with Gasteiger partial charge in [0.1, 0.15) is 6.04 Å². The van der Waals surface area contributed by atoms with Crippen LogP contribution in [0.15, 0.2) is 108 Å². The number of benzene rings is 3. The van der Waals surface area contributed by atoms with Gasteiger partial charge in [-0.1, -0.05) is 96.2 Å². The van der Waals surface area contributed by atoms with Crippen LogP contribution in [0.25, 0.3) is 0 Å². The van der Waals surface area contributed by atoms with E-state index in [4.69, 9.17) is 10.6 Å². The summed E-state index contributed by atoms with van der Waals surface area (Å²) in [6.07, 6.45) is -0.730. The predicted octanol–water partition coefficient (Wildman–Crippen LogP) is 3.57. The Hall–Kier alpha value is -5.82. The van der Waals surface area contributed by atoms with Crippen LogP contribution in [0.2, 0.25) is 0 Å². The Bertz CT molecular complexity index is 2070. The van der Waals surface area contributed by atoms with E-state index in [2.05, 4.69) is 28.7 Å². The van der Waals surface area contributed by atoms with Crippen LogP contribution < -0.4 is 11.1 Å². The molecule has 270 valence electrons. The molecular weight excluding hydrogens is 730 g/mol. The number of esters is 1. The minimum absolute atomic E-state index is 0.0108. The molecular formula is C33H27F3N6O8S2. The summed E-state index contributed by atoms with van der Waals surface area (Å²) >= 11 is 0.767. The fraction of sp³-hybridized carbons (Fsp3) is 0.212. The summed E-state index contributed by atoms with van der Waals surface area (Å²) in [6.45, 7) is 0. The molecule has 1 fully saturated rings. The Balaban J connectivity index is 1.37. The summed E-state index contributed by atoms with van der Waals surface area (Å²) < 4.78 is 75.8. The fourth-order valence-electron chi connectivity index (χ4n) is 5.89. The monoisotopic (exact) mass is 756 g/mol. The number of amides is 2. The second-order valence-corrected chi connectivity index (χ2v) is 13.6. The summed E-state index contributed by atoms with van der Waals surface area (Å²) in [5.41, 5.74) is -0.800. The van der Waals surface area contributed by atoms with Gasteiger partial charge in [0.25, 0.3) is 11.8 Å². The van der Waals surface area contributed by atoms with Gasteiger partial charge in [0.15, 0.2) is 16.6 Å². The molecule has 3 heterocycles. The minimum atomic E-state index is -6.18. The summed E-state index contributed by atoms with van der Waals surface area (Å²) in [5.74, 6) is -4.47. The van der Waals surface area contributed by atoms with Crippen molar-refractivity contribution in [2.45, 2.75) is 36.0 Å². The highest BCUT2D eigenvalue weighted by atomic mass is 32.2. The normalized spacial score (nSPS) is 17.9. The summed E-state index contributed by atoms with van der Waals surface area (Å²) in [5, 5.41) is 6.82. The van der Waals surface area contributed by atoms with E-state index >= 15 is 0 Å². The number of nitrogens with zero attached hydrogens (tertiary/aromatic N) is 4. The van der Waals surface area contributed by atoms with E-state index in [0.717, 1.165) is 23.5 Å². The quantitative estimate of drug-likeness (QED) is 0.0433. The van der Waals surface area contributed by atoms with Crippen molar-refractivity contribution in [2.75, 3.05) is 12.8 Å². The summed E-state index contributed by atoms with van der Waals surface area (Å²) in [6, 6.07) is 24.9. The topological polar surface area (TPSA) is 192 Å².